The summed E-state index contributed by atoms with van der Waals surface area (Å²) in [7, 11) is 0. The van der Waals surface area contributed by atoms with Gasteiger partial charge >= 0.3 is 0 Å². The monoisotopic (exact) mass is 296 g/mol. The second-order valence-corrected chi connectivity index (χ2v) is 5.94. The first-order valence-corrected chi connectivity index (χ1v) is 7.47. The lowest BCUT2D eigenvalue weighted by molar-refractivity contribution is 0.0536. The van der Waals surface area contributed by atoms with Gasteiger partial charge in [-0.2, -0.15) is 0 Å². The average Bonchev–Trinajstić information content (AvgIpc) is 2.45. The molecule has 1 aromatic rings. The fourth-order valence-electron chi connectivity index (χ4n) is 2.25. The highest BCUT2D eigenvalue weighted by Gasteiger charge is 2.16. The molecule has 1 aliphatic rings. The van der Waals surface area contributed by atoms with Crippen molar-refractivity contribution in [2.24, 2.45) is 5.92 Å². The Bertz CT molecular complexity index is 471. The van der Waals surface area contributed by atoms with Crippen molar-refractivity contribution in [3.8, 4) is 0 Å². The van der Waals surface area contributed by atoms with Gasteiger partial charge in [0.15, 0.2) is 0 Å². The lowest BCUT2D eigenvalue weighted by Gasteiger charge is -2.22. The number of carbonyl (C=O) groups excluding carboxylic acids is 1. The van der Waals surface area contributed by atoms with E-state index in [0.29, 0.717) is 23.2 Å². The first-order valence-electron chi connectivity index (χ1n) is 7.09. The van der Waals surface area contributed by atoms with Crippen LogP contribution in [0, 0.1) is 5.92 Å². The van der Waals surface area contributed by atoms with Gasteiger partial charge in [-0.25, -0.2) is 4.98 Å². The van der Waals surface area contributed by atoms with Gasteiger partial charge in [-0.3, -0.25) is 4.79 Å². The number of halogens is 1. The maximum atomic E-state index is 12.2. The Morgan fingerprint density at radius 1 is 1.55 bits per heavy atom. The molecule has 110 valence electrons. The van der Waals surface area contributed by atoms with Crippen molar-refractivity contribution in [1.29, 1.82) is 0 Å². The normalized spacial score (nSPS) is 19.1. The number of hydrogen-bond acceptors (Lipinski definition) is 3. The first-order chi connectivity index (χ1) is 9.56. The van der Waals surface area contributed by atoms with Crippen LogP contribution in [0.4, 0.5) is 0 Å². The first kappa shape index (κ1) is 15.3. The standard InChI is InChI=1S/C15H21ClN2O2/c1-10(2)13-6-12(7-14(16)18-13)15(19)17-8-11-4-3-5-20-9-11/h6-7,10-11H,3-5,8-9H2,1-2H3,(H,17,19). The molecule has 0 aliphatic carbocycles. The van der Waals surface area contributed by atoms with Crippen LogP contribution in [0.2, 0.25) is 5.15 Å². The molecule has 2 heterocycles. The van der Waals surface area contributed by atoms with Crippen LogP contribution in [0.5, 0.6) is 0 Å². The predicted molar refractivity (Wildman–Crippen MR) is 79.2 cm³/mol. The molecule has 1 saturated heterocycles. The van der Waals surface area contributed by atoms with Crippen molar-refractivity contribution in [2.45, 2.75) is 32.6 Å². The number of hydrogen-bond donors (Lipinski definition) is 1. The molecule has 1 N–H and O–H groups in total. The lowest BCUT2D eigenvalue weighted by Crippen LogP contribution is -2.33. The Morgan fingerprint density at radius 3 is 3.00 bits per heavy atom. The number of aromatic nitrogens is 1. The Labute approximate surface area is 124 Å². The Balaban J connectivity index is 1.97. The average molecular weight is 297 g/mol. The highest BCUT2D eigenvalue weighted by molar-refractivity contribution is 6.29. The zero-order chi connectivity index (χ0) is 14.5. The minimum Gasteiger partial charge on any atom is -0.381 e. The molecule has 0 bridgehead atoms. The molecule has 1 fully saturated rings. The van der Waals surface area contributed by atoms with Gasteiger partial charge in [-0.15, -0.1) is 0 Å². The van der Waals surface area contributed by atoms with Crippen LogP contribution in [0.15, 0.2) is 12.1 Å². The molecule has 4 nitrogen and oxygen atoms in total. The molecule has 0 radical (unpaired) electrons. The molecule has 1 aromatic heterocycles. The maximum absolute atomic E-state index is 12.2. The van der Waals surface area contributed by atoms with Gasteiger partial charge in [-0.1, -0.05) is 25.4 Å². The number of nitrogens with zero attached hydrogens (tertiary/aromatic N) is 1. The number of nitrogens with one attached hydrogen (secondary N) is 1. The van der Waals surface area contributed by atoms with Crippen LogP contribution in [-0.4, -0.2) is 30.6 Å². The van der Waals surface area contributed by atoms with Crippen molar-refractivity contribution in [3.63, 3.8) is 0 Å². The molecule has 1 amide bonds. The summed E-state index contributed by atoms with van der Waals surface area (Å²) in [6, 6.07) is 3.42. The van der Waals surface area contributed by atoms with Crippen molar-refractivity contribution in [2.75, 3.05) is 19.8 Å². The summed E-state index contributed by atoms with van der Waals surface area (Å²) < 4.78 is 5.41. The fourth-order valence-corrected chi connectivity index (χ4v) is 2.47. The quantitative estimate of drug-likeness (QED) is 0.869. The third-order valence-corrected chi connectivity index (χ3v) is 3.67. The van der Waals surface area contributed by atoms with Gasteiger partial charge in [0.25, 0.3) is 5.91 Å². The largest absolute Gasteiger partial charge is 0.381 e. The van der Waals surface area contributed by atoms with E-state index in [1.165, 1.54) is 0 Å². The summed E-state index contributed by atoms with van der Waals surface area (Å²) in [4.78, 5) is 16.4. The van der Waals surface area contributed by atoms with E-state index in [4.69, 9.17) is 16.3 Å². The Morgan fingerprint density at radius 2 is 2.35 bits per heavy atom. The number of ether oxygens (including phenoxy) is 1. The van der Waals surface area contributed by atoms with Crippen molar-refractivity contribution in [1.82, 2.24) is 10.3 Å². The predicted octanol–water partition coefficient (Wildman–Crippen LogP) is 3.01. The van der Waals surface area contributed by atoms with Gasteiger partial charge in [0.1, 0.15) is 5.15 Å². The van der Waals surface area contributed by atoms with E-state index in [-0.39, 0.29) is 11.8 Å². The summed E-state index contributed by atoms with van der Waals surface area (Å²) in [5, 5.41) is 3.32. The van der Waals surface area contributed by atoms with Gasteiger partial charge in [0.2, 0.25) is 0 Å². The second kappa shape index (κ2) is 7.04. The SMILES string of the molecule is CC(C)c1cc(C(=O)NCC2CCCOC2)cc(Cl)n1. The third-order valence-electron chi connectivity index (χ3n) is 3.47. The molecular weight excluding hydrogens is 276 g/mol. The second-order valence-electron chi connectivity index (χ2n) is 5.55. The van der Waals surface area contributed by atoms with Crippen LogP contribution in [0.25, 0.3) is 0 Å². The Kier molecular flexibility index (Phi) is 5.38. The summed E-state index contributed by atoms with van der Waals surface area (Å²) in [6.45, 7) is 6.27. The minimum absolute atomic E-state index is 0.0956. The number of amides is 1. The smallest absolute Gasteiger partial charge is 0.251 e. The summed E-state index contributed by atoms with van der Waals surface area (Å²) >= 11 is 5.98. The highest BCUT2D eigenvalue weighted by atomic mass is 35.5. The van der Waals surface area contributed by atoms with Crippen LogP contribution in [0.3, 0.4) is 0 Å². The van der Waals surface area contributed by atoms with Crippen molar-refractivity contribution >= 4 is 17.5 Å². The van der Waals surface area contributed by atoms with E-state index >= 15 is 0 Å². The van der Waals surface area contributed by atoms with Gasteiger partial charge < -0.3 is 10.1 Å². The van der Waals surface area contributed by atoms with E-state index < -0.39 is 0 Å². The zero-order valence-corrected chi connectivity index (χ0v) is 12.7. The summed E-state index contributed by atoms with van der Waals surface area (Å²) in [6.07, 6.45) is 2.17. The summed E-state index contributed by atoms with van der Waals surface area (Å²) in [5.41, 5.74) is 1.41. The minimum atomic E-state index is -0.0956. The topological polar surface area (TPSA) is 51.2 Å². The van der Waals surface area contributed by atoms with E-state index in [1.54, 1.807) is 6.07 Å². The lowest BCUT2D eigenvalue weighted by atomic mass is 10.0. The maximum Gasteiger partial charge on any atom is 0.251 e. The Hall–Kier alpha value is -1.13. The molecular formula is C15H21ClN2O2. The molecule has 0 aromatic carbocycles. The zero-order valence-electron chi connectivity index (χ0n) is 12.0. The van der Waals surface area contributed by atoms with Crippen molar-refractivity contribution in [3.05, 3.63) is 28.5 Å². The molecule has 0 saturated carbocycles. The molecule has 1 atom stereocenters. The van der Waals surface area contributed by atoms with Crippen LogP contribution >= 0.6 is 11.6 Å². The van der Waals surface area contributed by atoms with Crippen molar-refractivity contribution < 1.29 is 9.53 Å². The number of rotatable bonds is 4. The van der Waals surface area contributed by atoms with Crippen LogP contribution in [-0.2, 0) is 4.74 Å². The van der Waals surface area contributed by atoms with E-state index in [2.05, 4.69) is 10.3 Å². The van der Waals surface area contributed by atoms with Crippen LogP contribution < -0.4 is 5.32 Å². The van der Waals surface area contributed by atoms with Gasteiger partial charge in [-0.05, 0) is 36.8 Å². The molecule has 2 rings (SSSR count). The van der Waals surface area contributed by atoms with Gasteiger partial charge in [0, 0.05) is 24.4 Å². The molecule has 20 heavy (non-hydrogen) atoms. The van der Waals surface area contributed by atoms with E-state index in [9.17, 15) is 4.79 Å². The highest BCUT2D eigenvalue weighted by Crippen LogP contribution is 2.18. The van der Waals surface area contributed by atoms with Gasteiger partial charge in [0.05, 0.1) is 6.61 Å². The number of pyridine rings is 1. The summed E-state index contributed by atoms with van der Waals surface area (Å²) in [5.74, 6) is 0.559. The fraction of sp³-hybridized carbons (Fsp3) is 0.600. The molecule has 0 spiro atoms. The molecule has 1 unspecified atom stereocenters. The van der Waals surface area contributed by atoms with E-state index in [0.717, 1.165) is 31.7 Å². The van der Waals surface area contributed by atoms with E-state index in [1.807, 2.05) is 19.9 Å². The number of carbonyl (C=O) groups is 1. The van der Waals surface area contributed by atoms with Crippen LogP contribution in [0.1, 0.15) is 48.7 Å². The molecule has 5 heteroatoms. The molecule has 1 aliphatic heterocycles. The third kappa shape index (κ3) is 4.18.